The Bertz CT molecular complexity index is 1600. The number of aromatic nitrogens is 2. The van der Waals surface area contributed by atoms with Crippen molar-refractivity contribution in [1.29, 1.82) is 0 Å². The first-order valence-corrected chi connectivity index (χ1v) is 12.4. The molecule has 3 aromatic carbocycles. The molecule has 4 aromatic rings. The highest BCUT2D eigenvalue weighted by molar-refractivity contribution is 5.96. The van der Waals surface area contributed by atoms with Gasteiger partial charge in [0.2, 0.25) is 0 Å². The van der Waals surface area contributed by atoms with E-state index in [-0.39, 0.29) is 43.2 Å². The van der Waals surface area contributed by atoms with Gasteiger partial charge >= 0.3 is 5.97 Å². The molecule has 0 fully saturated rings. The molecular weight excluding hydrogens is 525 g/mol. The predicted molar refractivity (Wildman–Crippen MR) is 140 cm³/mol. The van der Waals surface area contributed by atoms with E-state index in [4.69, 9.17) is 9.47 Å². The molecular formula is C29H25F3N4O4. The number of hydrogen-bond acceptors (Lipinski definition) is 6. The van der Waals surface area contributed by atoms with Crippen molar-refractivity contribution in [3.05, 3.63) is 100 Å². The lowest BCUT2D eigenvalue weighted by Gasteiger charge is -2.24. The Labute approximate surface area is 227 Å². The maximum Gasteiger partial charge on any atom is 0.337 e. The Morgan fingerprint density at radius 3 is 2.65 bits per heavy atom. The van der Waals surface area contributed by atoms with E-state index in [2.05, 4.69) is 10.4 Å². The Morgan fingerprint density at radius 2 is 1.88 bits per heavy atom. The molecule has 0 spiro atoms. The molecule has 1 aliphatic heterocycles. The summed E-state index contributed by atoms with van der Waals surface area (Å²) in [6.07, 6.45) is 0. The molecule has 1 aliphatic rings. The monoisotopic (exact) mass is 550 g/mol. The molecule has 1 aromatic heterocycles. The zero-order valence-corrected chi connectivity index (χ0v) is 21.7. The summed E-state index contributed by atoms with van der Waals surface area (Å²) in [6, 6.07) is 13.8. The van der Waals surface area contributed by atoms with Gasteiger partial charge < -0.3 is 19.7 Å². The van der Waals surface area contributed by atoms with Gasteiger partial charge in [0.05, 0.1) is 24.1 Å². The Morgan fingerprint density at radius 1 is 1.07 bits per heavy atom. The maximum absolute atomic E-state index is 14.4. The molecule has 0 saturated carbocycles. The second-order valence-corrected chi connectivity index (χ2v) is 9.20. The lowest BCUT2D eigenvalue weighted by Crippen LogP contribution is -2.35. The van der Waals surface area contributed by atoms with Crippen LogP contribution >= 0.6 is 0 Å². The quantitative estimate of drug-likeness (QED) is 0.313. The molecule has 1 amide bonds. The number of esters is 1. The minimum absolute atomic E-state index is 0.0420. The summed E-state index contributed by atoms with van der Waals surface area (Å²) < 4.78 is 54.4. The summed E-state index contributed by atoms with van der Waals surface area (Å²) in [7, 11) is 2.89. The minimum atomic E-state index is -0.616. The van der Waals surface area contributed by atoms with E-state index in [9.17, 15) is 22.8 Å². The van der Waals surface area contributed by atoms with Crippen molar-refractivity contribution in [1.82, 2.24) is 14.7 Å². The maximum atomic E-state index is 14.4. The van der Waals surface area contributed by atoms with Crippen LogP contribution in [0.3, 0.4) is 0 Å². The summed E-state index contributed by atoms with van der Waals surface area (Å²) in [6.45, 7) is 0.275. The van der Waals surface area contributed by atoms with Crippen molar-refractivity contribution in [2.24, 2.45) is 7.05 Å². The van der Waals surface area contributed by atoms with E-state index >= 15 is 0 Å². The average Bonchev–Trinajstić information content (AvgIpc) is 3.29. The number of nitrogens with zero attached hydrogens (tertiary/aromatic N) is 3. The molecule has 0 unspecified atom stereocenters. The van der Waals surface area contributed by atoms with E-state index in [1.54, 1.807) is 19.2 Å². The number of amides is 1. The van der Waals surface area contributed by atoms with Crippen LogP contribution in [0.4, 0.5) is 18.9 Å². The number of rotatable bonds is 8. The Kier molecular flexibility index (Phi) is 7.45. The molecule has 0 radical (unpaired) electrons. The van der Waals surface area contributed by atoms with Gasteiger partial charge in [-0.25, -0.2) is 18.0 Å². The van der Waals surface area contributed by atoms with Gasteiger partial charge in [-0.05, 0) is 54.1 Å². The molecule has 2 heterocycles. The molecule has 11 heteroatoms. The van der Waals surface area contributed by atoms with E-state index in [1.165, 1.54) is 59.2 Å². The number of nitrogens with one attached hydrogen (secondary N) is 1. The van der Waals surface area contributed by atoms with Crippen LogP contribution in [0.5, 0.6) is 5.75 Å². The Balaban J connectivity index is 1.43. The van der Waals surface area contributed by atoms with Crippen molar-refractivity contribution < 1.29 is 32.2 Å². The van der Waals surface area contributed by atoms with Crippen LogP contribution in [0, 0.1) is 17.5 Å². The molecule has 0 aliphatic carbocycles. The number of hydrogen-bond donors (Lipinski definition) is 1. The van der Waals surface area contributed by atoms with Crippen molar-refractivity contribution >= 4 is 17.6 Å². The van der Waals surface area contributed by atoms with Crippen LogP contribution < -0.4 is 10.1 Å². The second-order valence-electron chi connectivity index (χ2n) is 9.20. The summed E-state index contributed by atoms with van der Waals surface area (Å²) in [4.78, 5) is 27.2. The van der Waals surface area contributed by atoms with E-state index in [0.717, 1.165) is 6.07 Å². The van der Waals surface area contributed by atoms with E-state index in [0.29, 0.717) is 28.1 Å². The molecule has 5 rings (SSSR count). The highest BCUT2D eigenvalue weighted by Crippen LogP contribution is 2.39. The average molecular weight is 551 g/mol. The molecule has 206 valence electrons. The lowest BCUT2D eigenvalue weighted by molar-refractivity contribution is 0.0600. The number of methoxy groups -OCH3 is 1. The van der Waals surface area contributed by atoms with E-state index < -0.39 is 29.3 Å². The van der Waals surface area contributed by atoms with Gasteiger partial charge in [0.1, 0.15) is 29.8 Å². The number of benzene rings is 3. The van der Waals surface area contributed by atoms with Gasteiger partial charge in [0, 0.05) is 37.8 Å². The summed E-state index contributed by atoms with van der Waals surface area (Å²) >= 11 is 0. The van der Waals surface area contributed by atoms with Gasteiger partial charge in [-0.15, -0.1) is 0 Å². The number of anilines is 1. The molecule has 40 heavy (non-hydrogen) atoms. The Hall–Kier alpha value is -4.80. The third-order valence-electron chi connectivity index (χ3n) is 6.55. The van der Waals surface area contributed by atoms with Gasteiger partial charge in [-0.3, -0.25) is 9.48 Å². The van der Waals surface area contributed by atoms with Crippen molar-refractivity contribution in [3.63, 3.8) is 0 Å². The summed E-state index contributed by atoms with van der Waals surface area (Å²) in [5, 5.41) is 7.35. The third-order valence-corrected chi connectivity index (χ3v) is 6.55. The van der Waals surface area contributed by atoms with Crippen molar-refractivity contribution in [3.8, 4) is 17.0 Å². The first-order chi connectivity index (χ1) is 19.2. The van der Waals surface area contributed by atoms with Crippen LogP contribution in [0.2, 0.25) is 0 Å². The smallest absolute Gasteiger partial charge is 0.337 e. The van der Waals surface area contributed by atoms with Crippen molar-refractivity contribution in [2.45, 2.75) is 13.2 Å². The van der Waals surface area contributed by atoms with Crippen LogP contribution in [0.15, 0.2) is 60.7 Å². The summed E-state index contributed by atoms with van der Waals surface area (Å²) in [5.41, 5.74) is 2.42. The van der Waals surface area contributed by atoms with Crippen LogP contribution in [0.25, 0.3) is 11.3 Å². The SMILES string of the molecule is COC(=O)c1ccc(F)c(NCCN(Cc2cccc(F)c2)C(=O)c2nn(C)c3c2COc2ccc(F)cc2-3)c1. The van der Waals surface area contributed by atoms with Crippen LogP contribution in [-0.2, 0) is 24.9 Å². The fourth-order valence-corrected chi connectivity index (χ4v) is 4.67. The lowest BCUT2D eigenvalue weighted by atomic mass is 10.0. The highest BCUT2D eigenvalue weighted by Gasteiger charge is 2.31. The fraction of sp³-hybridized carbons (Fsp3) is 0.207. The highest BCUT2D eigenvalue weighted by atomic mass is 19.1. The summed E-state index contributed by atoms with van der Waals surface area (Å²) in [5.74, 6) is -2.09. The normalized spacial score (nSPS) is 11.7. The molecule has 0 atom stereocenters. The minimum Gasteiger partial charge on any atom is -0.488 e. The van der Waals surface area contributed by atoms with Crippen LogP contribution in [0.1, 0.15) is 32.0 Å². The molecule has 1 N–H and O–H groups in total. The standard InChI is InChI=1S/C29H25F3N4O4/c1-35-27-21-14-20(31)7-9-25(21)40-16-22(27)26(34-35)28(37)36(15-17-4-3-5-19(30)12-17)11-10-33-24-13-18(29(38)39-2)6-8-23(24)32/h3-9,12-14,33H,10-11,15-16H2,1-2H3. The van der Waals surface area contributed by atoms with Crippen molar-refractivity contribution in [2.75, 3.05) is 25.5 Å². The van der Waals surface area contributed by atoms with E-state index in [1.807, 2.05) is 0 Å². The molecule has 0 saturated heterocycles. The molecule has 8 nitrogen and oxygen atoms in total. The number of carbonyl (C=O) groups is 2. The third kappa shape index (κ3) is 5.35. The topological polar surface area (TPSA) is 85.7 Å². The molecule has 0 bridgehead atoms. The van der Waals surface area contributed by atoms with Gasteiger partial charge in [0.25, 0.3) is 5.91 Å². The number of aryl methyl sites for hydroxylation is 1. The van der Waals surface area contributed by atoms with Crippen LogP contribution in [-0.4, -0.2) is 46.8 Å². The first-order valence-electron chi connectivity index (χ1n) is 12.4. The zero-order chi connectivity index (χ0) is 28.4. The largest absolute Gasteiger partial charge is 0.488 e. The number of carbonyl (C=O) groups excluding carboxylic acids is 2. The number of fused-ring (bicyclic) bond motifs is 3. The number of ether oxygens (including phenoxy) is 2. The number of halogens is 3. The second kappa shape index (κ2) is 11.1. The van der Waals surface area contributed by atoms with Gasteiger partial charge in [-0.2, -0.15) is 5.10 Å². The first kappa shape index (κ1) is 26.8. The van der Waals surface area contributed by atoms with Gasteiger partial charge in [0.15, 0.2) is 5.69 Å². The zero-order valence-electron chi connectivity index (χ0n) is 21.7. The predicted octanol–water partition coefficient (Wildman–Crippen LogP) is 4.94. The van der Waals surface area contributed by atoms with Gasteiger partial charge in [-0.1, -0.05) is 12.1 Å². The fourth-order valence-electron chi connectivity index (χ4n) is 4.67.